The number of rotatable bonds is 3. The van der Waals surface area contributed by atoms with Gasteiger partial charge in [-0.3, -0.25) is 9.59 Å². The van der Waals surface area contributed by atoms with Crippen LogP contribution < -0.4 is 10.2 Å². The van der Waals surface area contributed by atoms with Crippen molar-refractivity contribution in [2.24, 2.45) is 0 Å². The van der Waals surface area contributed by atoms with Crippen molar-refractivity contribution in [3.05, 3.63) is 29.8 Å². The van der Waals surface area contributed by atoms with E-state index >= 15 is 0 Å². The molecule has 0 unspecified atom stereocenters. The molecule has 0 radical (unpaired) electrons. The van der Waals surface area contributed by atoms with Crippen molar-refractivity contribution in [2.75, 3.05) is 18.0 Å². The highest BCUT2D eigenvalue weighted by atomic mass is 19.4. The molecule has 0 bridgehead atoms. The number of carbonyl (C=O) groups excluding carboxylic acids is 2. The first-order valence-corrected chi connectivity index (χ1v) is 6.12. The topological polar surface area (TPSA) is 49.4 Å². The van der Waals surface area contributed by atoms with E-state index in [0.29, 0.717) is 18.7 Å². The first kappa shape index (κ1) is 14.4. The summed E-state index contributed by atoms with van der Waals surface area (Å²) in [6, 6.07) is 5.94. The van der Waals surface area contributed by atoms with Gasteiger partial charge >= 0.3 is 6.18 Å². The van der Waals surface area contributed by atoms with E-state index in [1.807, 2.05) is 0 Å². The van der Waals surface area contributed by atoms with Crippen molar-refractivity contribution in [1.82, 2.24) is 5.32 Å². The van der Waals surface area contributed by atoms with Gasteiger partial charge in [-0.25, -0.2) is 0 Å². The molecule has 1 N–H and O–H groups in total. The number of amides is 2. The van der Waals surface area contributed by atoms with E-state index in [2.05, 4.69) is 0 Å². The molecule has 0 aromatic heterocycles. The van der Waals surface area contributed by atoms with Crippen LogP contribution in [0.25, 0.3) is 0 Å². The molecular formula is C13H13F3N2O2. The molecule has 1 aliphatic heterocycles. The number of halogens is 3. The second-order valence-electron chi connectivity index (χ2n) is 4.49. The lowest BCUT2D eigenvalue weighted by Crippen LogP contribution is -2.33. The highest BCUT2D eigenvalue weighted by Gasteiger charge is 2.28. The van der Waals surface area contributed by atoms with Gasteiger partial charge in [-0.05, 0) is 30.7 Å². The Morgan fingerprint density at radius 2 is 1.90 bits per heavy atom. The maximum absolute atomic E-state index is 12.0. The summed E-state index contributed by atoms with van der Waals surface area (Å²) in [6.07, 6.45) is -3.15. The van der Waals surface area contributed by atoms with Gasteiger partial charge in [-0.2, -0.15) is 13.2 Å². The number of anilines is 1. The summed E-state index contributed by atoms with van der Waals surface area (Å²) >= 11 is 0. The molecule has 7 heteroatoms. The second kappa shape index (κ2) is 5.52. The zero-order valence-electron chi connectivity index (χ0n) is 10.5. The summed E-state index contributed by atoms with van der Waals surface area (Å²) in [5.74, 6) is -0.777. The molecule has 1 aromatic carbocycles. The Hall–Kier alpha value is -2.05. The van der Waals surface area contributed by atoms with E-state index in [1.165, 1.54) is 12.1 Å². The summed E-state index contributed by atoms with van der Waals surface area (Å²) in [5, 5.41) is 1.79. The quantitative estimate of drug-likeness (QED) is 0.925. The highest BCUT2D eigenvalue weighted by molar-refractivity contribution is 5.97. The summed E-state index contributed by atoms with van der Waals surface area (Å²) in [6.45, 7) is -0.739. The maximum atomic E-state index is 12.0. The minimum atomic E-state index is -4.43. The lowest BCUT2D eigenvalue weighted by atomic mass is 10.2. The fraction of sp³-hybridized carbons (Fsp3) is 0.385. The van der Waals surface area contributed by atoms with Crippen LogP contribution >= 0.6 is 0 Å². The molecule has 0 atom stereocenters. The minimum absolute atomic E-state index is 0.0132. The van der Waals surface area contributed by atoms with Crippen molar-refractivity contribution in [1.29, 1.82) is 0 Å². The predicted molar refractivity (Wildman–Crippen MR) is 66.4 cm³/mol. The number of benzene rings is 1. The Morgan fingerprint density at radius 3 is 2.40 bits per heavy atom. The smallest absolute Gasteiger partial charge is 0.343 e. The fourth-order valence-electron chi connectivity index (χ4n) is 2.00. The Balaban J connectivity index is 2.01. The van der Waals surface area contributed by atoms with Crippen LogP contribution in [0.2, 0.25) is 0 Å². The van der Waals surface area contributed by atoms with E-state index in [0.717, 1.165) is 6.42 Å². The zero-order chi connectivity index (χ0) is 14.8. The van der Waals surface area contributed by atoms with Gasteiger partial charge < -0.3 is 10.2 Å². The number of hydrogen-bond donors (Lipinski definition) is 1. The van der Waals surface area contributed by atoms with Crippen LogP contribution in [0, 0.1) is 0 Å². The molecule has 4 nitrogen and oxygen atoms in total. The number of nitrogens with one attached hydrogen (secondary N) is 1. The fourth-order valence-corrected chi connectivity index (χ4v) is 2.00. The van der Waals surface area contributed by atoms with Crippen molar-refractivity contribution in [2.45, 2.75) is 19.0 Å². The summed E-state index contributed by atoms with van der Waals surface area (Å²) in [4.78, 5) is 24.6. The SMILES string of the molecule is O=C(NCC(F)(F)F)c1ccc(N2CCCC2=O)cc1. The number of nitrogens with zero attached hydrogens (tertiary/aromatic N) is 1. The lowest BCUT2D eigenvalue weighted by molar-refractivity contribution is -0.123. The molecule has 0 saturated carbocycles. The van der Waals surface area contributed by atoms with Crippen molar-refractivity contribution in [3.63, 3.8) is 0 Å². The molecule has 1 aromatic rings. The van der Waals surface area contributed by atoms with Gasteiger partial charge in [0, 0.05) is 24.2 Å². The molecule has 2 amide bonds. The summed E-state index contributed by atoms with van der Waals surface area (Å²) < 4.78 is 36.0. The van der Waals surface area contributed by atoms with Crippen molar-refractivity contribution < 1.29 is 22.8 Å². The maximum Gasteiger partial charge on any atom is 0.405 e. The van der Waals surface area contributed by atoms with Crippen LogP contribution in [0.5, 0.6) is 0 Å². The van der Waals surface area contributed by atoms with E-state index in [1.54, 1.807) is 22.3 Å². The van der Waals surface area contributed by atoms with Crippen LogP contribution in [0.4, 0.5) is 18.9 Å². The summed E-state index contributed by atoms with van der Waals surface area (Å²) in [7, 11) is 0. The van der Waals surface area contributed by atoms with E-state index in [4.69, 9.17) is 0 Å². The third kappa shape index (κ3) is 3.49. The largest absolute Gasteiger partial charge is 0.405 e. The third-order valence-corrected chi connectivity index (χ3v) is 2.96. The molecule has 1 saturated heterocycles. The second-order valence-corrected chi connectivity index (χ2v) is 4.49. The van der Waals surface area contributed by atoms with Gasteiger partial charge in [0.15, 0.2) is 0 Å². The van der Waals surface area contributed by atoms with Gasteiger partial charge in [0.05, 0.1) is 0 Å². The van der Waals surface area contributed by atoms with E-state index < -0.39 is 18.6 Å². The number of carbonyl (C=O) groups is 2. The predicted octanol–water partition coefficient (Wildman–Crippen LogP) is 2.11. The van der Waals surface area contributed by atoms with Crippen molar-refractivity contribution >= 4 is 17.5 Å². The number of hydrogen-bond acceptors (Lipinski definition) is 2. The Morgan fingerprint density at radius 1 is 1.25 bits per heavy atom. The van der Waals surface area contributed by atoms with Gasteiger partial charge in [0.1, 0.15) is 6.54 Å². The van der Waals surface area contributed by atoms with Crippen LogP contribution in [0.3, 0.4) is 0 Å². The molecule has 0 aliphatic carbocycles. The van der Waals surface area contributed by atoms with Crippen LogP contribution in [-0.4, -0.2) is 31.1 Å². The van der Waals surface area contributed by atoms with E-state index in [-0.39, 0.29) is 11.5 Å². The average Bonchev–Trinajstić information content (AvgIpc) is 2.81. The highest BCUT2D eigenvalue weighted by Crippen LogP contribution is 2.21. The van der Waals surface area contributed by atoms with Crippen molar-refractivity contribution in [3.8, 4) is 0 Å². The monoisotopic (exact) mass is 286 g/mol. The standard InChI is InChI=1S/C13H13F3N2O2/c14-13(15,16)8-17-12(20)9-3-5-10(6-4-9)18-7-1-2-11(18)19/h3-6H,1-2,7-8H2,(H,17,20). The van der Waals surface area contributed by atoms with Gasteiger partial charge in [0.2, 0.25) is 5.91 Å². The molecular weight excluding hydrogens is 273 g/mol. The minimum Gasteiger partial charge on any atom is -0.343 e. The molecule has 1 heterocycles. The van der Waals surface area contributed by atoms with Gasteiger partial charge in [-0.15, -0.1) is 0 Å². The van der Waals surface area contributed by atoms with Gasteiger partial charge in [0.25, 0.3) is 5.91 Å². The number of alkyl halides is 3. The average molecular weight is 286 g/mol. The zero-order valence-corrected chi connectivity index (χ0v) is 10.5. The third-order valence-electron chi connectivity index (χ3n) is 2.96. The first-order chi connectivity index (χ1) is 9.37. The van der Waals surface area contributed by atoms with Crippen LogP contribution in [-0.2, 0) is 4.79 Å². The Kier molecular flexibility index (Phi) is 3.96. The molecule has 20 heavy (non-hydrogen) atoms. The Bertz CT molecular complexity index is 511. The molecule has 2 rings (SSSR count). The molecule has 108 valence electrons. The summed E-state index contributed by atoms with van der Waals surface area (Å²) in [5.41, 5.74) is 0.782. The Labute approximate surface area is 113 Å². The van der Waals surface area contributed by atoms with Crippen LogP contribution in [0.1, 0.15) is 23.2 Å². The van der Waals surface area contributed by atoms with E-state index in [9.17, 15) is 22.8 Å². The van der Waals surface area contributed by atoms with Crippen LogP contribution in [0.15, 0.2) is 24.3 Å². The normalized spacial score (nSPS) is 15.6. The first-order valence-electron chi connectivity index (χ1n) is 6.12. The lowest BCUT2D eigenvalue weighted by Gasteiger charge is -2.16. The van der Waals surface area contributed by atoms with Gasteiger partial charge in [-0.1, -0.05) is 0 Å². The molecule has 0 spiro atoms. The molecule has 1 fully saturated rings. The molecule has 1 aliphatic rings.